The molecule has 0 unspecified atom stereocenters. The summed E-state index contributed by atoms with van der Waals surface area (Å²) in [5.41, 5.74) is 6.42. The number of thioether (sulfide) groups is 1. The molecule has 0 spiro atoms. The number of ether oxygens (including phenoxy) is 2. The van der Waals surface area contributed by atoms with Gasteiger partial charge in [-0.05, 0) is 43.2 Å². The molecule has 0 saturated carbocycles. The highest BCUT2D eigenvalue weighted by Gasteiger charge is 2.20. The van der Waals surface area contributed by atoms with E-state index >= 15 is 0 Å². The summed E-state index contributed by atoms with van der Waals surface area (Å²) in [4.78, 5) is 17.6. The van der Waals surface area contributed by atoms with Crippen molar-refractivity contribution in [3.8, 4) is 40.0 Å². The van der Waals surface area contributed by atoms with Crippen LogP contribution in [0, 0.1) is 25.2 Å². The van der Waals surface area contributed by atoms with Crippen LogP contribution in [-0.2, 0) is 4.79 Å². The van der Waals surface area contributed by atoms with E-state index in [4.69, 9.17) is 14.5 Å². The number of hydrogen-bond donors (Lipinski definition) is 1. The second kappa shape index (κ2) is 12.3. The maximum absolute atomic E-state index is 12.7. The van der Waals surface area contributed by atoms with Crippen LogP contribution in [0.5, 0.6) is 11.5 Å². The molecular formula is C31H29N3O3S. The van der Waals surface area contributed by atoms with Crippen LogP contribution >= 0.6 is 11.8 Å². The van der Waals surface area contributed by atoms with E-state index in [0.29, 0.717) is 33.4 Å². The lowest BCUT2D eigenvalue weighted by molar-refractivity contribution is -0.115. The van der Waals surface area contributed by atoms with Gasteiger partial charge in [0.25, 0.3) is 0 Å². The molecule has 38 heavy (non-hydrogen) atoms. The summed E-state index contributed by atoms with van der Waals surface area (Å²) in [6, 6.07) is 25.6. The number of amides is 1. The minimum absolute atomic E-state index is 0.0846. The van der Waals surface area contributed by atoms with Crippen LogP contribution in [0.25, 0.3) is 22.4 Å². The van der Waals surface area contributed by atoms with Gasteiger partial charge in [0.1, 0.15) is 11.1 Å². The van der Waals surface area contributed by atoms with Gasteiger partial charge in [-0.2, -0.15) is 5.26 Å². The van der Waals surface area contributed by atoms with Gasteiger partial charge in [0.15, 0.2) is 11.5 Å². The molecule has 0 atom stereocenters. The van der Waals surface area contributed by atoms with Crippen molar-refractivity contribution in [2.75, 3.05) is 25.3 Å². The number of aryl methyl sites for hydroxylation is 2. The topological polar surface area (TPSA) is 84.2 Å². The van der Waals surface area contributed by atoms with Gasteiger partial charge in [-0.1, -0.05) is 54.6 Å². The second-order valence-electron chi connectivity index (χ2n) is 8.72. The van der Waals surface area contributed by atoms with Crippen molar-refractivity contribution < 1.29 is 14.3 Å². The minimum atomic E-state index is -0.0846. The predicted molar refractivity (Wildman–Crippen MR) is 153 cm³/mol. The maximum Gasteiger partial charge on any atom is 0.225 e. The maximum atomic E-state index is 12.7. The molecule has 1 aromatic heterocycles. The zero-order chi connectivity index (χ0) is 27.1. The fourth-order valence-electron chi connectivity index (χ4n) is 4.13. The fraction of sp³-hybridized carbons (Fsp3) is 0.194. The van der Waals surface area contributed by atoms with Crippen molar-refractivity contribution in [3.05, 3.63) is 89.5 Å². The van der Waals surface area contributed by atoms with Crippen LogP contribution in [0.1, 0.15) is 23.1 Å². The van der Waals surface area contributed by atoms with Gasteiger partial charge in [-0.15, -0.1) is 11.8 Å². The summed E-state index contributed by atoms with van der Waals surface area (Å²) in [5.74, 6) is 1.49. The van der Waals surface area contributed by atoms with E-state index in [0.717, 1.165) is 33.6 Å². The number of hydrogen-bond acceptors (Lipinski definition) is 6. The molecular weight excluding hydrogens is 494 g/mol. The van der Waals surface area contributed by atoms with Gasteiger partial charge >= 0.3 is 0 Å². The van der Waals surface area contributed by atoms with Gasteiger partial charge in [0.2, 0.25) is 5.91 Å². The molecule has 1 N–H and O–H groups in total. The number of pyridine rings is 1. The first kappa shape index (κ1) is 26.8. The van der Waals surface area contributed by atoms with Crippen LogP contribution in [0.2, 0.25) is 0 Å². The molecule has 0 radical (unpaired) electrons. The van der Waals surface area contributed by atoms with Gasteiger partial charge in [-0.25, -0.2) is 4.98 Å². The number of nitrogens with one attached hydrogen (secondary N) is 1. The molecule has 6 nitrogen and oxygen atoms in total. The van der Waals surface area contributed by atoms with E-state index < -0.39 is 0 Å². The molecule has 7 heteroatoms. The number of rotatable bonds is 9. The average molecular weight is 524 g/mol. The summed E-state index contributed by atoms with van der Waals surface area (Å²) in [7, 11) is 3.16. The Hall–Kier alpha value is -4.28. The van der Waals surface area contributed by atoms with E-state index in [9.17, 15) is 10.1 Å². The monoisotopic (exact) mass is 523 g/mol. The van der Waals surface area contributed by atoms with E-state index in [1.165, 1.54) is 11.8 Å². The third kappa shape index (κ3) is 5.99. The van der Waals surface area contributed by atoms with Crippen LogP contribution in [0.15, 0.2) is 77.8 Å². The third-order valence-corrected chi connectivity index (χ3v) is 7.07. The number of aromatic nitrogens is 1. The first-order chi connectivity index (χ1) is 18.4. The Morgan fingerprint density at radius 1 is 0.974 bits per heavy atom. The van der Waals surface area contributed by atoms with Gasteiger partial charge < -0.3 is 14.8 Å². The van der Waals surface area contributed by atoms with Gasteiger partial charge in [0.05, 0.1) is 25.5 Å². The highest BCUT2D eigenvalue weighted by Crippen LogP contribution is 2.42. The Kier molecular flexibility index (Phi) is 8.67. The van der Waals surface area contributed by atoms with Gasteiger partial charge in [0, 0.05) is 34.6 Å². The summed E-state index contributed by atoms with van der Waals surface area (Å²) in [6.07, 6.45) is 0.276. The fourth-order valence-corrected chi connectivity index (χ4v) is 5.07. The number of carbonyl (C=O) groups excluding carboxylic acids is 1. The van der Waals surface area contributed by atoms with Crippen molar-refractivity contribution in [2.45, 2.75) is 25.3 Å². The van der Waals surface area contributed by atoms with Crippen molar-refractivity contribution in [3.63, 3.8) is 0 Å². The van der Waals surface area contributed by atoms with Crippen LogP contribution in [0.3, 0.4) is 0 Å². The van der Waals surface area contributed by atoms with Crippen molar-refractivity contribution in [2.24, 2.45) is 0 Å². The summed E-state index contributed by atoms with van der Waals surface area (Å²) in [6.45, 7) is 3.96. The molecule has 0 aliphatic heterocycles. The first-order valence-electron chi connectivity index (χ1n) is 12.2. The minimum Gasteiger partial charge on any atom is -0.493 e. The summed E-state index contributed by atoms with van der Waals surface area (Å²) < 4.78 is 11.2. The van der Waals surface area contributed by atoms with Crippen molar-refractivity contribution in [1.82, 2.24) is 4.98 Å². The zero-order valence-corrected chi connectivity index (χ0v) is 22.7. The van der Waals surface area contributed by atoms with Crippen molar-refractivity contribution >= 4 is 23.4 Å². The molecule has 0 aliphatic carbocycles. The SMILES string of the molecule is COc1cccc(-c2cc(-c3ccccc3)nc(SCCC(=O)Nc3cc(C)ccc3C)c2C#N)c1OC. The number of methoxy groups -OCH3 is 2. The Balaban J connectivity index is 1.68. The molecule has 4 rings (SSSR count). The molecule has 4 aromatic rings. The predicted octanol–water partition coefficient (Wildman–Crippen LogP) is 7.04. The van der Waals surface area contributed by atoms with Crippen LogP contribution in [0.4, 0.5) is 5.69 Å². The van der Waals surface area contributed by atoms with E-state index in [-0.39, 0.29) is 12.3 Å². The number of para-hydroxylation sites is 1. The number of nitrogens with zero attached hydrogens (tertiary/aromatic N) is 2. The average Bonchev–Trinajstić information content (AvgIpc) is 2.94. The lowest BCUT2D eigenvalue weighted by atomic mass is 9.98. The lowest BCUT2D eigenvalue weighted by Crippen LogP contribution is -2.13. The molecule has 0 fully saturated rings. The molecule has 1 amide bonds. The Labute approximate surface area is 227 Å². The number of benzene rings is 3. The standard InChI is InChI=1S/C31H29N3O3S/c1-20-13-14-21(2)26(17-20)33-29(35)15-16-38-31-25(19-32)24(18-27(34-31)22-9-6-5-7-10-22)23-11-8-12-28(36-3)30(23)37-4/h5-14,17-18H,15-16H2,1-4H3,(H,33,35). The largest absolute Gasteiger partial charge is 0.493 e. The Bertz CT molecular complexity index is 1500. The Morgan fingerprint density at radius 3 is 2.47 bits per heavy atom. The third-order valence-electron chi connectivity index (χ3n) is 6.10. The van der Waals surface area contributed by atoms with Crippen molar-refractivity contribution in [1.29, 1.82) is 5.26 Å². The van der Waals surface area contributed by atoms with Crippen LogP contribution in [-0.4, -0.2) is 30.9 Å². The van der Waals surface area contributed by atoms with E-state index in [2.05, 4.69) is 11.4 Å². The number of nitriles is 1. The molecule has 1 heterocycles. The highest BCUT2D eigenvalue weighted by atomic mass is 32.2. The normalized spacial score (nSPS) is 10.5. The molecule has 0 bridgehead atoms. The Morgan fingerprint density at radius 2 is 1.76 bits per heavy atom. The molecule has 0 saturated heterocycles. The van der Waals surface area contributed by atoms with E-state index in [1.807, 2.05) is 86.6 Å². The first-order valence-corrected chi connectivity index (χ1v) is 13.2. The quantitative estimate of drug-likeness (QED) is 0.237. The van der Waals surface area contributed by atoms with Gasteiger partial charge in [-0.3, -0.25) is 4.79 Å². The molecule has 0 aliphatic rings. The molecule has 192 valence electrons. The summed E-state index contributed by atoms with van der Waals surface area (Å²) in [5, 5.41) is 13.8. The highest BCUT2D eigenvalue weighted by molar-refractivity contribution is 7.99. The second-order valence-corrected chi connectivity index (χ2v) is 9.80. The smallest absolute Gasteiger partial charge is 0.225 e. The zero-order valence-electron chi connectivity index (χ0n) is 21.9. The number of carbonyl (C=O) groups is 1. The lowest BCUT2D eigenvalue weighted by Gasteiger charge is -2.16. The van der Waals surface area contributed by atoms with Crippen LogP contribution < -0.4 is 14.8 Å². The number of anilines is 1. The summed E-state index contributed by atoms with van der Waals surface area (Å²) >= 11 is 1.39. The van der Waals surface area contributed by atoms with E-state index in [1.54, 1.807) is 14.2 Å². The molecule has 3 aromatic carbocycles.